The molecule has 1 rings (SSSR count). The molecule has 0 aromatic heterocycles. The predicted octanol–water partition coefficient (Wildman–Crippen LogP) is 1.51. The summed E-state index contributed by atoms with van der Waals surface area (Å²) in [5.74, 6) is -0.516. The van der Waals surface area contributed by atoms with Gasteiger partial charge >= 0.3 is 5.97 Å². The molecule has 0 aromatic carbocycles. The van der Waals surface area contributed by atoms with Crippen LogP contribution in [0.1, 0.15) is 39.5 Å². The highest BCUT2D eigenvalue weighted by Crippen LogP contribution is 2.17. The van der Waals surface area contributed by atoms with E-state index in [1.54, 1.807) is 4.90 Å². The van der Waals surface area contributed by atoms with E-state index in [2.05, 4.69) is 0 Å². The summed E-state index contributed by atoms with van der Waals surface area (Å²) in [6.07, 6.45) is 2.35. The molecule has 1 amide bonds. The normalized spacial score (nSPS) is 19.2. The molecule has 0 aliphatic carbocycles. The molecule has 1 heterocycles. The van der Waals surface area contributed by atoms with Crippen LogP contribution in [0.25, 0.3) is 0 Å². The summed E-state index contributed by atoms with van der Waals surface area (Å²) in [4.78, 5) is 24.3. The lowest BCUT2D eigenvalue weighted by Crippen LogP contribution is -2.37. The standard InChI is InChI=1S/C13H23NO4/c1-10(2)9-14(6-5-13(16)17)12(15)8-11-4-3-7-18-11/h10-11H,3-9H2,1-2H3,(H,16,17). The van der Waals surface area contributed by atoms with Crippen molar-refractivity contribution in [3.8, 4) is 0 Å². The highest BCUT2D eigenvalue weighted by atomic mass is 16.5. The van der Waals surface area contributed by atoms with Crippen molar-refractivity contribution in [2.75, 3.05) is 19.7 Å². The molecule has 1 aliphatic heterocycles. The van der Waals surface area contributed by atoms with Gasteiger partial charge in [0.15, 0.2) is 0 Å². The van der Waals surface area contributed by atoms with Crippen LogP contribution in [0.3, 0.4) is 0 Å². The van der Waals surface area contributed by atoms with Gasteiger partial charge in [-0.1, -0.05) is 13.8 Å². The van der Waals surface area contributed by atoms with E-state index in [-0.39, 0.29) is 18.4 Å². The van der Waals surface area contributed by atoms with Gasteiger partial charge in [0, 0.05) is 19.7 Å². The Balaban J connectivity index is 2.45. The van der Waals surface area contributed by atoms with Crippen molar-refractivity contribution < 1.29 is 19.4 Å². The molecule has 18 heavy (non-hydrogen) atoms. The molecule has 5 heteroatoms. The second kappa shape index (κ2) is 7.36. The molecular weight excluding hydrogens is 234 g/mol. The molecule has 0 bridgehead atoms. The second-order valence-electron chi connectivity index (χ2n) is 5.22. The number of ether oxygens (including phenoxy) is 1. The molecule has 5 nitrogen and oxygen atoms in total. The Morgan fingerprint density at radius 3 is 2.67 bits per heavy atom. The number of amides is 1. The summed E-state index contributed by atoms with van der Waals surface area (Å²) in [7, 11) is 0. The van der Waals surface area contributed by atoms with Crippen molar-refractivity contribution >= 4 is 11.9 Å². The molecule has 1 aliphatic rings. The summed E-state index contributed by atoms with van der Waals surface area (Å²) in [6, 6.07) is 0. The molecule has 1 N–H and O–H groups in total. The molecule has 0 spiro atoms. The molecular formula is C13H23NO4. The highest BCUT2D eigenvalue weighted by Gasteiger charge is 2.23. The van der Waals surface area contributed by atoms with E-state index < -0.39 is 5.97 Å². The Hall–Kier alpha value is -1.10. The van der Waals surface area contributed by atoms with Crippen molar-refractivity contribution in [2.24, 2.45) is 5.92 Å². The first-order valence-electron chi connectivity index (χ1n) is 6.60. The molecule has 1 saturated heterocycles. The number of aliphatic carboxylic acids is 1. The quantitative estimate of drug-likeness (QED) is 0.751. The van der Waals surface area contributed by atoms with Crippen LogP contribution in [0.5, 0.6) is 0 Å². The van der Waals surface area contributed by atoms with E-state index in [0.29, 0.717) is 25.4 Å². The van der Waals surface area contributed by atoms with Gasteiger partial charge in [0.2, 0.25) is 5.91 Å². The molecule has 1 unspecified atom stereocenters. The molecule has 0 aromatic rings. The summed E-state index contributed by atoms with van der Waals surface area (Å²) in [5, 5.41) is 8.70. The number of hydrogen-bond acceptors (Lipinski definition) is 3. The fraction of sp³-hybridized carbons (Fsp3) is 0.846. The van der Waals surface area contributed by atoms with Crippen molar-refractivity contribution in [1.29, 1.82) is 0 Å². The van der Waals surface area contributed by atoms with Gasteiger partial charge in [-0.05, 0) is 18.8 Å². The zero-order valence-corrected chi connectivity index (χ0v) is 11.2. The van der Waals surface area contributed by atoms with Gasteiger partial charge < -0.3 is 14.7 Å². The number of nitrogens with zero attached hydrogens (tertiary/aromatic N) is 1. The van der Waals surface area contributed by atoms with Crippen molar-refractivity contribution in [1.82, 2.24) is 4.90 Å². The smallest absolute Gasteiger partial charge is 0.305 e. The zero-order valence-electron chi connectivity index (χ0n) is 11.2. The van der Waals surface area contributed by atoms with Crippen LogP contribution < -0.4 is 0 Å². The monoisotopic (exact) mass is 257 g/mol. The third-order valence-corrected chi connectivity index (χ3v) is 2.96. The first kappa shape index (κ1) is 15.0. The average Bonchev–Trinajstić information content (AvgIpc) is 2.76. The minimum atomic E-state index is -0.867. The van der Waals surface area contributed by atoms with E-state index in [4.69, 9.17) is 9.84 Å². The number of hydrogen-bond donors (Lipinski definition) is 1. The zero-order chi connectivity index (χ0) is 13.5. The SMILES string of the molecule is CC(C)CN(CCC(=O)O)C(=O)CC1CCCO1. The van der Waals surface area contributed by atoms with Crippen LogP contribution in [0.4, 0.5) is 0 Å². The van der Waals surface area contributed by atoms with Crippen LogP contribution in [0.15, 0.2) is 0 Å². The molecule has 0 saturated carbocycles. The van der Waals surface area contributed by atoms with E-state index in [0.717, 1.165) is 19.4 Å². The summed E-state index contributed by atoms with van der Waals surface area (Å²) >= 11 is 0. The van der Waals surface area contributed by atoms with Gasteiger partial charge in [-0.15, -0.1) is 0 Å². The number of rotatable bonds is 7. The van der Waals surface area contributed by atoms with Crippen molar-refractivity contribution in [3.05, 3.63) is 0 Å². The maximum absolute atomic E-state index is 12.1. The summed E-state index contributed by atoms with van der Waals surface area (Å²) in [6.45, 7) is 5.68. The summed E-state index contributed by atoms with van der Waals surface area (Å²) < 4.78 is 5.44. The molecule has 1 atom stereocenters. The third-order valence-electron chi connectivity index (χ3n) is 2.96. The van der Waals surface area contributed by atoms with Gasteiger partial charge in [0.05, 0.1) is 18.9 Å². The first-order valence-corrected chi connectivity index (χ1v) is 6.60. The van der Waals surface area contributed by atoms with E-state index in [1.165, 1.54) is 0 Å². The van der Waals surface area contributed by atoms with Crippen LogP contribution in [-0.2, 0) is 14.3 Å². The third kappa shape index (κ3) is 5.49. The average molecular weight is 257 g/mol. The van der Waals surface area contributed by atoms with Gasteiger partial charge in [0.25, 0.3) is 0 Å². The van der Waals surface area contributed by atoms with Gasteiger partial charge in [-0.3, -0.25) is 9.59 Å². The van der Waals surface area contributed by atoms with E-state index in [1.807, 2.05) is 13.8 Å². The largest absolute Gasteiger partial charge is 0.481 e. The maximum Gasteiger partial charge on any atom is 0.305 e. The Labute approximate surface area is 108 Å². The minimum Gasteiger partial charge on any atom is -0.481 e. The lowest BCUT2D eigenvalue weighted by atomic mass is 10.1. The van der Waals surface area contributed by atoms with E-state index in [9.17, 15) is 9.59 Å². The number of carbonyl (C=O) groups is 2. The number of carboxylic acid groups (broad SMARTS) is 1. The number of carbonyl (C=O) groups excluding carboxylic acids is 1. The van der Waals surface area contributed by atoms with Gasteiger partial charge in [0.1, 0.15) is 0 Å². The van der Waals surface area contributed by atoms with Gasteiger partial charge in [-0.2, -0.15) is 0 Å². The lowest BCUT2D eigenvalue weighted by Gasteiger charge is -2.25. The predicted molar refractivity (Wildman–Crippen MR) is 67.3 cm³/mol. The van der Waals surface area contributed by atoms with Crippen molar-refractivity contribution in [3.63, 3.8) is 0 Å². The van der Waals surface area contributed by atoms with Crippen LogP contribution in [0.2, 0.25) is 0 Å². The first-order chi connectivity index (χ1) is 8.49. The molecule has 0 radical (unpaired) electrons. The fourth-order valence-corrected chi connectivity index (χ4v) is 2.12. The van der Waals surface area contributed by atoms with Crippen LogP contribution in [-0.4, -0.2) is 47.7 Å². The Kier molecular flexibility index (Phi) is 6.12. The molecule has 1 fully saturated rings. The maximum atomic E-state index is 12.1. The fourth-order valence-electron chi connectivity index (χ4n) is 2.12. The topological polar surface area (TPSA) is 66.8 Å². The highest BCUT2D eigenvalue weighted by molar-refractivity contribution is 5.77. The lowest BCUT2D eigenvalue weighted by molar-refractivity contribution is -0.139. The number of carboxylic acids is 1. The second-order valence-corrected chi connectivity index (χ2v) is 5.22. The van der Waals surface area contributed by atoms with E-state index >= 15 is 0 Å². The Bertz CT molecular complexity index is 285. The Morgan fingerprint density at radius 1 is 1.44 bits per heavy atom. The summed E-state index contributed by atoms with van der Waals surface area (Å²) in [5.41, 5.74) is 0. The van der Waals surface area contributed by atoms with Crippen LogP contribution in [0, 0.1) is 5.92 Å². The van der Waals surface area contributed by atoms with Gasteiger partial charge in [-0.25, -0.2) is 0 Å². The minimum absolute atomic E-state index is 0.00395. The van der Waals surface area contributed by atoms with Crippen LogP contribution >= 0.6 is 0 Å². The Morgan fingerprint density at radius 2 is 2.17 bits per heavy atom. The van der Waals surface area contributed by atoms with Crippen molar-refractivity contribution in [2.45, 2.75) is 45.6 Å². The molecule has 104 valence electrons.